The van der Waals surface area contributed by atoms with Crippen LogP contribution in [0.25, 0.3) is 0 Å². The van der Waals surface area contributed by atoms with Crippen LogP contribution in [0.1, 0.15) is 58.3 Å². The van der Waals surface area contributed by atoms with Crippen molar-refractivity contribution in [1.82, 2.24) is 9.03 Å². The van der Waals surface area contributed by atoms with E-state index in [1.165, 1.54) is 0 Å². The maximum absolute atomic E-state index is 12.1. The van der Waals surface area contributed by atoms with Crippen LogP contribution in [-0.2, 0) is 15.0 Å². The molecule has 7 heteroatoms. The summed E-state index contributed by atoms with van der Waals surface area (Å²) < 4.78 is 28.4. The van der Waals surface area contributed by atoms with Crippen molar-refractivity contribution < 1.29 is 18.3 Å². The molecule has 1 unspecified atom stereocenters. The molecule has 1 rings (SSSR count). The first-order valence-electron chi connectivity index (χ1n) is 7.41. The number of hydrogen-bond donors (Lipinski definition) is 2. The fraction of sp³-hybridized carbons (Fsp3) is 0.923. The third-order valence-corrected chi connectivity index (χ3v) is 5.38. The Hall–Kier alpha value is -0.660. The number of aliphatic carboxylic acids is 1. The lowest BCUT2D eigenvalue weighted by atomic mass is 10.1. The largest absolute Gasteiger partial charge is 0.481 e. The van der Waals surface area contributed by atoms with Gasteiger partial charge in [0.2, 0.25) is 0 Å². The normalized spacial score (nSPS) is 20.9. The van der Waals surface area contributed by atoms with Crippen molar-refractivity contribution >= 4 is 16.2 Å². The number of nitrogens with zero attached hydrogens (tertiary/aromatic N) is 1. The fourth-order valence-electron chi connectivity index (χ4n) is 2.47. The molecule has 118 valence electrons. The Labute approximate surface area is 121 Å². The van der Waals surface area contributed by atoms with Crippen molar-refractivity contribution in [2.75, 3.05) is 13.1 Å². The Balaban J connectivity index is 2.18. The van der Waals surface area contributed by atoms with Gasteiger partial charge in [-0.1, -0.05) is 19.3 Å². The van der Waals surface area contributed by atoms with E-state index in [0.717, 1.165) is 38.5 Å². The number of carboxylic acid groups (broad SMARTS) is 1. The quantitative estimate of drug-likeness (QED) is 0.635. The zero-order chi connectivity index (χ0) is 15.0. The predicted octanol–water partition coefficient (Wildman–Crippen LogP) is 1.73. The highest BCUT2D eigenvalue weighted by atomic mass is 32.2. The second kappa shape index (κ2) is 8.59. The van der Waals surface area contributed by atoms with Gasteiger partial charge in [0, 0.05) is 25.6 Å². The fourth-order valence-corrected chi connectivity index (χ4v) is 3.98. The maximum atomic E-state index is 12.1. The average molecular weight is 306 g/mol. The van der Waals surface area contributed by atoms with Crippen LogP contribution in [0.3, 0.4) is 0 Å². The summed E-state index contributed by atoms with van der Waals surface area (Å²) in [6.07, 6.45) is 6.23. The van der Waals surface area contributed by atoms with Gasteiger partial charge >= 0.3 is 5.97 Å². The second-order valence-electron chi connectivity index (χ2n) is 5.41. The molecule has 1 aliphatic heterocycles. The Morgan fingerprint density at radius 3 is 2.60 bits per heavy atom. The van der Waals surface area contributed by atoms with Gasteiger partial charge < -0.3 is 5.11 Å². The van der Waals surface area contributed by atoms with Gasteiger partial charge in [0.1, 0.15) is 0 Å². The number of nitrogens with one attached hydrogen (secondary N) is 1. The number of piperidine rings is 1. The van der Waals surface area contributed by atoms with E-state index in [2.05, 4.69) is 4.72 Å². The van der Waals surface area contributed by atoms with Crippen molar-refractivity contribution in [2.24, 2.45) is 0 Å². The van der Waals surface area contributed by atoms with Gasteiger partial charge in [0.15, 0.2) is 0 Å². The maximum Gasteiger partial charge on any atom is 0.303 e. The summed E-state index contributed by atoms with van der Waals surface area (Å²) in [5, 5.41) is 8.49. The van der Waals surface area contributed by atoms with E-state index in [0.29, 0.717) is 19.5 Å². The molecular weight excluding hydrogens is 280 g/mol. The summed E-state index contributed by atoms with van der Waals surface area (Å²) in [7, 11) is -3.35. The third kappa shape index (κ3) is 6.19. The van der Waals surface area contributed by atoms with E-state index >= 15 is 0 Å². The van der Waals surface area contributed by atoms with E-state index in [9.17, 15) is 13.2 Å². The molecule has 1 heterocycles. The minimum Gasteiger partial charge on any atom is -0.481 e. The Kier molecular flexibility index (Phi) is 7.47. The van der Waals surface area contributed by atoms with Gasteiger partial charge in [-0.15, -0.1) is 0 Å². The summed E-state index contributed by atoms with van der Waals surface area (Å²) in [5.41, 5.74) is 0. The van der Waals surface area contributed by atoms with Gasteiger partial charge in [-0.25, -0.2) is 4.72 Å². The van der Waals surface area contributed by atoms with Crippen molar-refractivity contribution in [1.29, 1.82) is 0 Å². The van der Waals surface area contributed by atoms with Crippen LogP contribution in [0.2, 0.25) is 0 Å². The zero-order valence-electron chi connectivity index (χ0n) is 12.2. The third-order valence-electron chi connectivity index (χ3n) is 3.65. The van der Waals surface area contributed by atoms with Crippen LogP contribution in [0.4, 0.5) is 0 Å². The first kappa shape index (κ1) is 17.4. The second-order valence-corrected chi connectivity index (χ2v) is 7.12. The highest BCUT2D eigenvalue weighted by Crippen LogP contribution is 2.18. The van der Waals surface area contributed by atoms with Gasteiger partial charge in [-0.05, 0) is 32.6 Å². The molecule has 0 aromatic carbocycles. The molecule has 20 heavy (non-hydrogen) atoms. The number of hydrogen-bond acceptors (Lipinski definition) is 3. The smallest absolute Gasteiger partial charge is 0.303 e. The number of carbonyl (C=O) groups is 1. The lowest BCUT2D eigenvalue weighted by molar-refractivity contribution is -0.137. The first-order valence-corrected chi connectivity index (χ1v) is 8.85. The lowest BCUT2D eigenvalue weighted by Gasteiger charge is -2.32. The highest BCUT2D eigenvalue weighted by Gasteiger charge is 2.28. The monoisotopic (exact) mass is 306 g/mol. The van der Waals surface area contributed by atoms with Crippen LogP contribution >= 0.6 is 0 Å². The molecule has 1 fully saturated rings. The van der Waals surface area contributed by atoms with E-state index in [1.807, 2.05) is 6.92 Å². The molecule has 1 atom stereocenters. The van der Waals surface area contributed by atoms with Crippen LogP contribution in [-0.4, -0.2) is 42.9 Å². The van der Waals surface area contributed by atoms with E-state index in [-0.39, 0.29) is 12.5 Å². The standard InChI is InChI=1S/C13H26N2O4S/c1-12-8-5-7-11-15(12)20(18,19)14-10-6-3-2-4-9-13(16)17/h12,14H,2-11H2,1H3,(H,16,17). The molecule has 2 N–H and O–H groups in total. The SMILES string of the molecule is CC1CCCCN1S(=O)(=O)NCCCCCCC(=O)O. The van der Waals surface area contributed by atoms with Crippen molar-refractivity contribution in [3.8, 4) is 0 Å². The van der Waals surface area contributed by atoms with Crippen molar-refractivity contribution in [2.45, 2.75) is 64.3 Å². The number of unbranched alkanes of at least 4 members (excludes halogenated alkanes) is 3. The van der Waals surface area contributed by atoms with E-state index < -0.39 is 16.2 Å². The van der Waals surface area contributed by atoms with Gasteiger partial charge in [0.05, 0.1) is 0 Å². The van der Waals surface area contributed by atoms with Crippen LogP contribution in [0.15, 0.2) is 0 Å². The Morgan fingerprint density at radius 2 is 1.95 bits per heavy atom. The molecule has 0 saturated carbocycles. The molecule has 0 aliphatic carbocycles. The summed E-state index contributed by atoms with van der Waals surface area (Å²) in [6, 6.07) is 0.0804. The van der Waals surface area contributed by atoms with E-state index in [1.54, 1.807) is 4.31 Å². The van der Waals surface area contributed by atoms with Crippen LogP contribution in [0.5, 0.6) is 0 Å². The van der Waals surface area contributed by atoms with Crippen LogP contribution < -0.4 is 4.72 Å². The molecule has 0 radical (unpaired) electrons. The minimum atomic E-state index is -3.35. The van der Waals surface area contributed by atoms with Gasteiger partial charge in [-0.2, -0.15) is 12.7 Å². The molecule has 1 saturated heterocycles. The van der Waals surface area contributed by atoms with Gasteiger partial charge in [-0.3, -0.25) is 4.79 Å². The predicted molar refractivity (Wildman–Crippen MR) is 77.7 cm³/mol. The molecule has 0 aromatic heterocycles. The van der Waals surface area contributed by atoms with Crippen molar-refractivity contribution in [3.05, 3.63) is 0 Å². The molecule has 0 amide bonds. The molecule has 0 spiro atoms. The summed E-state index contributed by atoms with van der Waals surface area (Å²) in [5.74, 6) is -0.773. The van der Waals surface area contributed by atoms with Crippen LogP contribution in [0, 0.1) is 0 Å². The summed E-state index contributed by atoms with van der Waals surface area (Å²) in [6.45, 7) is 2.98. The van der Waals surface area contributed by atoms with Gasteiger partial charge in [0.25, 0.3) is 10.2 Å². The summed E-state index contributed by atoms with van der Waals surface area (Å²) >= 11 is 0. The topological polar surface area (TPSA) is 86.7 Å². The molecule has 0 bridgehead atoms. The molecule has 6 nitrogen and oxygen atoms in total. The molecule has 1 aliphatic rings. The Bertz CT molecular complexity index is 397. The number of rotatable bonds is 9. The lowest BCUT2D eigenvalue weighted by Crippen LogP contribution is -2.48. The number of carboxylic acids is 1. The first-order chi connectivity index (χ1) is 9.43. The molecule has 0 aromatic rings. The summed E-state index contributed by atoms with van der Waals surface area (Å²) in [4.78, 5) is 10.3. The van der Waals surface area contributed by atoms with Crippen molar-refractivity contribution in [3.63, 3.8) is 0 Å². The van der Waals surface area contributed by atoms with E-state index in [4.69, 9.17) is 5.11 Å². The average Bonchev–Trinajstić information content (AvgIpc) is 2.37. The zero-order valence-corrected chi connectivity index (χ0v) is 13.0. The Morgan fingerprint density at radius 1 is 1.25 bits per heavy atom. The minimum absolute atomic E-state index is 0.0804. The highest BCUT2D eigenvalue weighted by molar-refractivity contribution is 7.87. The molecular formula is C13H26N2O4S.